The first kappa shape index (κ1) is 10.9. The molecule has 0 amide bonds. The third-order valence-electron chi connectivity index (χ3n) is 2.68. The number of ether oxygens (including phenoxy) is 1. The van der Waals surface area contributed by atoms with Crippen molar-refractivity contribution in [2.45, 2.75) is 5.38 Å². The summed E-state index contributed by atoms with van der Waals surface area (Å²) in [6.45, 7) is 4.57. The van der Waals surface area contributed by atoms with Gasteiger partial charge in [0.25, 0.3) is 0 Å². The second-order valence-electron chi connectivity index (χ2n) is 3.79. The van der Waals surface area contributed by atoms with Crippen LogP contribution in [0.3, 0.4) is 0 Å². The predicted octanol–water partition coefficient (Wildman–Crippen LogP) is 2.30. The van der Waals surface area contributed by atoms with E-state index in [4.69, 9.17) is 16.3 Å². The summed E-state index contributed by atoms with van der Waals surface area (Å²) < 4.78 is 5.30. The normalized spacial score (nSPS) is 20.1. The Morgan fingerprint density at radius 2 is 1.87 bits per heavy atom. The molecule has 0 aliphatic carbocycles. The summed E-state index contributed by atoms with van der Waals surface area (Å²) >= 11 is 6.36. The number of nitrogens with zero attached hydrogens (tertiary/aromatic N) is 1. The zero-order chi connectivity index (χ0) is 10.5. The minimum atomic E-state index is 0.0873. The largest absolute Gasteiger partial charge is 0.379 e. The van der Waals surface area contributed by atoms with Crippen molar-refractivity contribution in [2.75, 3.05) is 32.8 Å². The van der Waals surface area contributed by atoms with Crippen LogP contribution in [0.5, 0.6) is 0 Å². The van der Waals surface area contributed by atoms with E-state index in [-0.39, 0.29) is 5.38 Å². The molecule has 0 N–H and O–H groups in total. The van der Waals surface area contributed by atoms with Crippen molar-refractivity contribution < 1.29 is 4.74 Å². The first-order valence-corrected chi connectivity index (χ1v) is 5.79. The molecule has 0 radical (unpaired) electrons. The van der Waals surface area contributed by atoms with Gasteiger partial charge in [-0.15, -0.1) is 11.6 Å². The lowest BCUT2D eigenvalue weighted by Gasteiger charge is -2.28. The average Bonchev–Trinajstić information content (AvgIpc) is 2.31. The summed E-state index contributed by atoms with van der Waals surface area (Å²) in [5.74, 6) is 0. The van der Waals surface area contributed by atoms with E-state index in [2.05, 4.69) is 17.0 Å². The highest BCUT2D eigenvalue weighted by Gasteiger charge is 2.15. The third-order valence-corrected chi connectivity index (χ3v) is 3.07. The summed E-state index contributed by atoms with van der Waals surface area (Å²) in [7, 11) is 0. The number of benzene rings is 1. The van der Waals surface area contributed by atoms with Crippen LogP contribution in [0.15, 0.2) is 30.3 Å². The number of hydrogen-bond acceptors (Lipinski definition) is 2. The fourth-order valence-electron chi connectivity index (χ4n) is 1.78. The number of hydrogen-bond donors (Lipinski definition) is 0. The van der Waals surface area contributed by atoms with Crippen molar-refractivity contribution >= 4 is 11.6 Å². The van der Waals surface area contributed by atoms with Gasteiger partial charge in [0.15, 0.2) is 0 Å². The van der Waals surface area contributed by atoms with Crippen LogP contribution in [-0.2, 0) is 4.74 Å². The Morgan fingerprint density at radius 1 is 1.20 bits per heavy atom. The number of rotatable bonds is 3. The lowest BCUT2D eigenvalue weighted by Crippen LogP contribution is -2.38. The van der Waals surface area contributed by atoms with Crippen LogP contribution in [0.25, 0.3) is 0 Å². The van der Waals surface area contributed by atoms with Crippen LogP contribution in [0.1, 0.15) is 10.9 Å². The Bertz CT molecular complexity index is 285. The van der Waals surface area contributed by atoms with Crippen LogP contribution < -0.4 is 0 Å². The maximum atomic E-state index is 6.36. The van der Waals surface area contributed by atoms with Gasteiger partial charge in [0.2, 0.25) is 0 Å². The van der Waals surface area contributed by atoms with Crippen molar-refractivity contribution in [3.05, 3.63) is 35.9 Å². The minimum absolute atomic E-state index is 0.0873. The van der Waals surface area contributed by atoms with Gasteiger partial charge >= 0.3 is 0 Å². The predicted molar refractivity (Wildman–Crippen MR) is 62.3 cm³/mol. The second kappa shape index (κ2) is 5.50. The molecule has 1 aromatic rings. The van der Waals surface area contributed by atoms with Crippen LogP contribution >= 0.6 is 11.6 Å². The Labute approximate surface area is 95.8 Å². The SMILES string of the molecule is Cl[C@@H](CN1CCOCC1)c1ccccc1. The molecule has 3 heteroatoms. The van der Waals surface area contributed by atoms with Crippen LogP contribution in [-0.4, -0.2) is 37.7 Å². The van der Waals surface area contributed by atoms with Gasteiger partial charge in [-0.2, -0.15) is 0 Å². The molecule has 0 aromatic heterocycles. The van der Waals surface area contributed by atoms with Gasteiger partial charge in [0.1, 0.15) is 0 Å². The molecule has 2 nitrogen and oxygen atoms in total. The smallest absolute Gasteiger partial charge is 0.0712 e. The second-order valence-corrected chi connectivity index (χ2v) is 4.32. The molecule has 15 heavy (non-hydrogen) atoms. The quantitative estimate of drug-likeness (QED) is 0.732. The topological polar surface area (TPSA) is 12.5 Å². The highest BCUT2D eigenvalue weighted by molar-refractivity contribution is 6.21. The summed E-state index contributed by atoms with van der Waals surface area (Å²) in [6.07, 6.45) is 0. The van der Waals surface area contributed by atoms with Crippen LogP contribution in [0.4, 0.5) is 0 Å². The van der Waals surface area contributed by atoms with Gasteiger partial charge in [0, 0.05) is 19.6 Å². The molecular weight excluding hydrogens is 210 g/mol. The van der Waals surface area contributed by atoms with E-state index >= 15 is 0 Å². The zero-order valence-corrected chi connectivity index (χ0v) is 9.49. The van der Waals surface area contributed by atoms with E-state index in [1.165, 1.54) is 5.56 Å². The molecule has 1 saturated heterocycles. The van der Waals surface area contributed by atoms with Gasteiger partial charge in [-0.3, -0.25) is 4.90 Å². The lowest BCUT2D eigenvalue weighted by atomic mass is 10.1. The van der Waals surface area contributed by atoms with Gasteiger partial charge in [0.05, 0.1) is 18.6 Å². The first-order valence-electron chi connectivity index (χ1n) is 5.35. The molecular formula is C12H16ClNO. The van der Waals surface area contributed by atoms with Crippen LogP contribution in [0.2, 0.25) is 0 Å². The van der Waals surface area contributed by atoms with Crippen molar-refractivity contribution in [1.82, 2.24) is 4.90 Å². The van der Waals surface area contributed by atoms with E-state index in [1.54, 1.807) is 0 Å². The molecule has 0 spiro atoms. The highest BCUT2D eigenvalue weighted by Crippen LogP contribution is 2.21. The molecule has 1 aromatic carbocycles. The standard InChI is InChI=1S/C12H16ClNO/c13-12(11-4-2-1-3-5-11)10-14-6-8-15-9-7-14/h1-5,12H,6-10H2/t12-/m0/s1. The first-order chi connectivity index (χ1) is 7.36. The van der Waals surface area contributed by atoms with E-state index in [0.29, 0.717) is 0 Å². The van der Waals surface area contributed by atoms with E-state index < -0.39 is 0 Å². The molecule has 1 atom stereocenters. The molecule has 0 bridgehead atoms. The summed E-state index contributed by atoms with van der Waals surface area (Å²) in [4.78, 5) is 2.36. The lowest BCUT2D eigenvalue weighted by molar-refractivity contribution is 0.0379. The van der Waals surface area contributed by atoms with Gasteiger partial charge < -0.3 is 4.74 Å². The monoisotopic (exact) mass is 225 g/mol. The van der Waals surface area contributed by atoms with Gasteiger partial charge in [-0.25, -0.2) is 0 Å². The highest BCUT2D eigenvalue weighted by atomic mass is 35.5. The number of alkyl halides is 1. The Balaban J connectivity index is 1.88. The molecule has 1 heterocycles. The Morgan fingerprint density at radius 3 is 2.53 bits per heavy atom. The van der Waals surface area contributed by atoms with E-state index in [0.717, 1.165) is 32.8 Å². The van der Waals surface area contributed by atoms with E-state index in [9.17, 15) is 0 Å². The van der Waals surface area contributed by atoms with Gasteiger partial charge in [-0.1, -0.05) is 30.3 Å². The van der Waals surface area contributed by atoms with Gasteiger partial charge in [-0.05, 0) is 5.56 Å². The Kier molecular flexibility index (Phi) is 4.01. The molecule has 1 aliphatic rings. The fraction of sp³-hybridized carbons (Fsp3) is 0.500. The summed E-state index contributed by atoms with van der Waals surface area (Å²) in [5, 5.41) is 0.0873. The van der Waals surface area contributed by atoms with E-state index in [1.807, 2.05) is 18.2 Å². The number of halogens is 1. The third kappa shape index (κ3) is 3.20. The molecule has 1 fully saturated rings. The Hall–Kier alpha value is -0.570. The number of morpholine rings is 1. The van der Waals surface area contributed by atoms with Crippen molar-refractivity contribution in [3.8, 4) is 0 Å². The minimum Gasteiger partial charge on any atom is -0.379 e. The molecule has 1 aliphatic heterocycles. The molecule has 0 unspecified atom stereocenters. The summed E-state index contributed by atoms with van der Waals surface area (Å²) in [5.41, 5.74) is 1.20. The van der Waals surface area contributed by atoms with Crippen molar-refractivity contribution in [3.63, 3.8) is 0 Å². The van der Waals surface area contributed by atoms with Crippen molar-refractivity contribution in [2.24, 2.45) is 0 Å². The fourth-order valence-corrected chi connectivity index (χ4v) is 2.12. The van der Waals surface area contributed by atoms with Crippen LogP contribution in [0, 0.1) is 0 Å². The molecule has 2 rings (SSSR count). The summed E-state index contributed by atoms with van der Waals surface area (Å²) in [6, 6.07) is 10.2. The van der Waals surface area contributed by atoms with Crippen molar-refractivity contribution in [1.29, 1.82) is 0 Å². The molecule has 82 valence electrons. The molecule has 0 saturated carbocycles. The maximum Gasteiger partial charge on any atom is 0.0712 e. The zero-order valence-electron chi connectivity index (χ0n) is 8.73. The maximum absolute atomic E-state index is 6.36. The average molecular weight is 226 g/mol.